The van der Waals surface area contributed by atoms with Gasteiger partial charge in [-0.15, -0.1) is 0 Å². The lowest BCUT2D eigenvalue weighted by molar-refractivity contribution is -0.145. The number of carbonyl (C=O) groups is 1. The van der Waals surface area contributed by atoms with E-state index in [0.717, 1.165) is 41.9 Å². The lowest BCUT2D eigenvalue weighted by atomic mass is 9.41. The van der Waals surface area contributed by atoms with E-state index in [4.69, 9.17) is 0 Å². The van der Waals surface area contributed by atoms with Crippen LogP contribution in [0.4, 0.5) is 0 Å². The Bertz CT molecular complexity index is 769. The van der Waals surface area contributed by atoms with Crippen molar-refractivity contribution < 1.29 is 4.79 Å². The molecule has 0 unspecified atom stereocenters. The number of rotatable bonds is 5. The van der Waals surface area contributed by atoms with Crippen LogP contribution in [0.2, 0.25) is 0 Å². The minimum Gasteiger partial charge on any atom is -0.298 e. The molecule has 1 heteroatoms. The Morgan fingerprint density at radius 1 is 0.938 bits per heavy atom. The average Bonchev–Trinajstić information content (AvgIpc) is 3.03. The molecular weight excluding hydrogens is 388 g/mol. The number of Topliss-reactive ketones (excluding diaryl/α,β-unsaturated/α-hetero) is 1. The minimum absolute atomic E-state index is 0.201. The summed E-state index contributed by atoms with van der Waals surface area (Å²) in [6, 6.07) is 0. The molecule has 3 fully saturated rings. The van der Waals surface area contributed by atoms with E-state index in [2.05, 4.69) is 68.4 Å². The first kappa shape index (κ1) is 24.5. The maximum absolute atomic E-state index is 13.4. The van der Waals surface area contributed by atoms with Crippen LogP contribution in [-0.2, 0) is 4.79 Å². The highest BCUT2D eigenvalue weighted by molar-refractivity contribution is 5.93. The van der Waals surface area contributed by atoms with Crippen LogP contribution in [0.3, 0.4) is 0 Å². The monoisotopic (exact) mass is 440 g/mol. The number of ketones is 1. The normalized spacial score (nSPS) is 43.3. The van der Waals surface area contributed by atoms with E-state index in [0.29, 0.717) is 11.2 Å². The molecule has 0 saturated heterocycles. The molecule has 4 aliphatic carbocycles. The number of fused-ring (bicyclic) bond motifs is 5. The fourth-order valence-electron chi connectivity index (χ4n) is 10.3. The average molecular weight is 441 g/mol. The van der Waals surface area contributed by atoms with Gasteiger partial charge in [0.2, 0.25) is 0 Å². The van der Waals surface area contributed by atoms with Crippen LogP contribution in [0, 0.1) is 57.2 Å². The smallest absolute Gasteiger partial charge is 0.148 e. The molecule has 0 bridgehead atoms. The van der Waals surface area contributed by atoms with Gasteiger partial charge in [-0.05, 0) is 98.7 Å². The van der Waals surface area contributed by atoms with E-state index in [-0.39, 0.29) is 16.2 Å². The van der Waals surface area contributed by atoms with E-state index >= 15 is 0 Å². The van der Waals surface area contributed by atoms with E-state index in [1.807, 2.05) is 0 Å². The van der Waals surface area contributed by atoms with Gasteiger partial charge in [0, 0.05) is 10.8 Å². The standard InChI is InChI=1S/C31H52O/c1-20(2)11-10-12-21(3)23-14-15-24-22-13-16-26-29(6,7)27(32)28(4,5)19-31(26,9)25(22)17-18-30(23,24)8/h16,20-25H,10-15,17-19H2,1-9H3/t21-,22-,23+,24-,25-,30+,31+/m0/s1. The maximum Gasteiger partial charge on any atom is 0.148 e. The Labute approximate surface area is 199 Å². The predicted molar refractivity (Wildman–Crippen MR) is 136 cm³/mol. The number of hydrogen-bond donors (Lipinski definition) is 0. The summed E-state index contributed by atoms with van der Waals surface area (Å²) in [5.74, 6) is 5.57. The SMILES string of the molecule is CC(C)CCC[C@H](C)[C@H]1CC[C@H]2[C@@H]3CC=C4C(C)(C)C(=O)C(C)(C)C[C@]4(C)[C@H]3CC[C@]12C. The quantitative estimate of drug-likeness (QED) is 0.390. The molecule has 3 saturated carbocycles. The molecule has 32 heavy (non-hydrogen) atoms. The van der Waals surface area contributed by atoms with Crippen LogP contribution in [0.5, 0.6) is 0 Å². The van der Waals surface area contributed by atoms with Crippen molar-refractivity contribution in [1.82, 2.24) is 0 Å². The highest BCUT2D eigenvalue weighted by Crippen LogP contribution is 2.70. The number of allylic oxidation sites excluding steroid dienone is 2. The first-order chi connectivity index (χ1) is 14.7. The Morgan fingerprint density at radius 3 is 2.28 bits per heavy atom. The largest absolute Gasteiger partial charge is 0.298 e. The molecule has 0 aromatic heterocycles. The van der Waals surface area contributed by atoms with Gasteiger partial charge in [-0.25, -0.2) is 0 Å². The Kier molecular flexibility index (Phi) is 6.12. The Balaban J connectivity index is 1.59. The third kappa shape index (κ3) is 3.58. The highest BCUT2D eigenvalue weighted by atomic mass is 16.1. The van der Waals surface area contributed by atoms with Gasteiger partial charge < -0.3 is 0 Å². The van der Waals surface area contributed by atoms with Crippen LogP contribution < -0.4 is 0 Å². The third-order valence-corrected chi connectivity index (χ3v) is 11.3. The summed E-state index contributed by atoms with van der Waals surface area (Å²) in [4.78, 5) is 13.4. The van der Waals surface area contributed by atoms with Gasteiger partial charge in [-0.3, -0.25) is 4.79 Å². The zero-order valence-corrected chi connectivity index (χ0v) is 22.8. The van der Waals surface area contributed by atoms with E-state index in [1.54, 1.807) is 0 Å². The van der Waals surface area contributed by atoms with Gasteiger partial charge in [0.05, 0.1) is 0 Å². The lowest BCUT2D eigenvalue weighted by Gasteiger charge is -2.62. The van der Waals surface area contributed by atoms with Crippen molar-refractivity contribution in [3.8, 4) is 0 Å². The zero-order valence-electron chi connectivity index (χ0n) is 22.8. The van der Waals surface area contributed by atoms with Crippen LogP contribution >= 0.6 is 0 Å². The second kappa shape index (κ2) is 7.98. The predicted octanol–water partition coefficient (Wildman–Crippen LogP) is 8.87. The van der Waals surface area contributed by atoms with Crippen LogP contribution in [0.25, 0.3) is 0 Å². The molecule has 7 atom stereocenters. The first-order valence-corrected chi connectivity index (χ1v) is 14.0. The van der Waals surface area contributed by atoms with Gasteiger partial charge in [0.1, 0.15) is 5.78 Å². The Morgan fingerprint density at radius 2 is 1.62 bits per heavy atom. The highest BCUT2D eigenvalue weighted by Gasteiger charge is 2.63. The van der Waals surface area contributed by atoms with Crippen LogP contribution in [-0.4, -0.2) is 5.78 Å². The van der Waals surface area contributed by atoms with Gasteiger partial charge in [-0.2, -0.15) is 0 Å². The van der Waals surface area contributed by atoms with Crippen molar-refractivity contribution in [2.45, 2.75) is 120 Å². The molecule has 4 rings (SSSR count). The van der Waals surface area contributed by atoms with Crippen molar-refractivity contribution >= 4 is 5.78 Å². The molecule has 0 heterocycles. The van der Waals surface area contributed by atoms with Gasteiger partial charge in [0.25, 0.3) is 0 Å². The van der Waals surface area contributed by atoms with Gasteiger partial charge in [0.15, 0.2) is 0 Å². The molecular formula is C31H52O. The molecule has 0 aliphatic heterocycles. The fourth-order valence-corrected chi connectivity index (χ4v) is 10.3. The molecule has 1 nitrogen and oxygen atoms in total. The number of hydrogen-bond acceptors (Lipinski definition) is 1. The molecule has 0 amide bonds. The molecule has 182 valence electrons. The molecule has 4 aliphatic rings. The van der Waals surface area contributed by atoms with E-state index < -0.39 is 0 Å². The second-order valence-corrected chi connectivity index (χ2v) is 14.7. The van der Waals surface area contributed by atoms with Gasteiger partial charge in [-0.1, -0.05) is 79.4 Å². The summed E-state index contributed by atoms with van der Waals surface area (Å²) in [5, 5.41) is 0. The summed E-state index contributed by atoms with van der Waals surface area (Å²) in [6.07, 6.45) is 14.7. The molecule has 0 radical (unpaired) electrons. The summed E-state index contributed by atoms with van der Waals surface area (Å²) in [6.45, 7) is 21.4. The zero-order chi connectivity index (χ0) is 23.7. The third-order valence-electron chi connectivity index (χ3n) is 11.3. The van der Waals surface area contributed by atoms with Crippen molar-refractivity contribution in [2.75, 3.05) is 0 Å². The molecule has 0 N–H and O–H groups in total. The minimum atomic E-state index is -0.300. The molecule has 0 aromatic carbocycles. The fraction of sp³-hybridized carbons (Fsp3) is 0.903. The van der Waals surface area contributed by atoms with Gasteiger partial charge >= 0.3 is 0 Å². The Hall–Kier alpha value is -0.590. The lowest BCUT2D eigenvalue weighted by Crippen LogP contribution is -2.57. The van der Waals surface area contributed by atoms with Crippen molar-refractivity contribution in [2.24, 2.45) is 57.2 Å². The van der Waals surface area contributed by atoms with Crippen LogP contribution in [0.15, 0.2) is 11.6 Å². The summed E-state index contributed by atoms with van der Waals surface area (Å²) >= 11 is 0. The van der Waals surface area contributed by atoms with Crippen molar-refractivity contribution in [3.05, 3.63) is 11.6 Å². The summed E-state index contributed by atoms with van der Waals surface area (Å²) in [7, 11) is 0. The summed E-state index contributed by atoms with van der Waals surface area (Å²) in [5.41, 5.74) is 1.73. The first-order valence-electron chi connectivity index (χ1n) is 14.0. The number of carbonyl (C=O) groups excluding carboxylic acids is 1. The summed E-state index contributed by atoms with van der Waals surface area (Å²) < 4.78 is 0. The molecule has 0 aromatic rings. The van der Waals surface area contributed by atoms with Crippen LogP contribution in [0.1, 0.15) is 120 Å². The van der Waals surface area contributed by atoms with Crippen molar-refractivity contribution in [1.29, 1.82) is 0 Å². The molecule has 0 spiro atoms. The topological polar surface area (TPSA) is 17.1 Å². The van der Waals surface area contributed by atoms with Crippen molar-refractivity contribution in [3.63, 3.8) is 0 Å². The van der Waals surface area contributed by atoms with E-state index in [1.165, 1.54) is 56.9 Å². The maximum atomic E-state index is 13.4. The second-order valence-electron chi connectivity index (χ2n) is 14.7. The van der Waals surface area contributed by atoms with E-state index in [9.17, 15) is 4.79 Å².